The highest BCUT2D eigenvalue weighted by Gasteiger charge is 2.34. The number of ether oxygens (including phenoxy) is 1. The zero-order valence-corrected chi connectivity index (χ0v) is 17.9. The van der Waals surface area contributed by atoms with E-state index in [-0.39, 0.29) is 5.56 Å². The number of para-hydroxylation sites is 2. The minimum absolute atomic E-state index is 0.170. The molecule has 2 bridgehead atoms. The van der Waals surface area contributed by atoms with Crippen LogP contribution in [-0.2, 0) is 6.54 Å². The second kappa shape index (κ2) is 8.44. The lowest BCUT2D eigenvalue weighted by molar-refractivity contribution is 0.105. The summed E-state index contributed by atoms with van der Waals surface area (Å²) in [4.78, 5) is 19.9. The molecule has 0 N–H and O–H groups in total. The maximum atomic E-state index is 12.2. The van der Waals surface area contributed by atoms with E-state index < -0.39 is 0 Å². The molecule has 0 spiro atoms. The van der Waals surface area contributed by atoms with Gasteiger partial charge in [0.15, 0.2) is 0 Å². The predicted molar refractivity (Wildman–Crippen MR) is 120 cm³/mol. The molecule has 0 unspecified atom stereocenters. The summed E-state index contributed by atoms with van der Waals surface area (Å²) in [6.45, 7) is 9.62. The van der Waals surface area contributed by atoms with Crippen LogP contribution in [0.15, 0.2) is 47.3 Å². The summed E-state index contributed by atoms with van der Waals surface area (Å²) in [6.07, 6.45) is 1.23. The fourth-order valence-electron chi connectivity index (χ4n) is 5.56. The van der Waals surface area contributed by atoms with Gasteiger partial charge >= 0.3 is 0 Å². The molecule has 1 aromatic carbocycles. The van der Waals surface area contributed by atoms with Gasteiger partial charge in [-0.3, -0.25) is 9.69 Å². The van der Waals surface area contributed by atoms with Crippen LogP contribution in [0.5, 0.6) is 5.75 Å². The Bertz CT molecular complexity index is 935. The molecule has 2 fully saturated rings. The second-order valence-corrected chi connectivity index (χ2v) is 8.96. The van der Waals surface area contributed by atoms with Crippen LogP contribution in [0.2, 0.25) is 0 Å². The van der Waals surface area contributed by atoms with Crippen molar-refractivity contribution in [2.45, 2.75) is 18.9 Å². The van der Waals surface area contributed by atoms with E-state index in [1.54, 1.807) is 13.2 Å². The topological polar surface area (TPSA) is 41.0 Å². The van der Waals surface area contributed by atoms with Crippen molar-refractivity contribution in [2.24, 2.45) is 5.92 Å². The van der Waals surface area contributed by atoms with Crippen LogP contribution < -0.4 is 15.2 Å². The van der Waals surface area contributed by atoms with E-state index in [2.05, 4.69) is 32.9 Å². The molecule has 30 heavy (non-hydrogen) atoms. The third kappa shape index (κ3) is 3.86. The molecule has 2 saturated heterocycles. The molecular formula is C24H32N4O2. The van der Waals surface area contributed by atoms with Crippen LogP contribution in [0, 0.1) is 5.92 Å². The van der Waals surface area contributed by atoms with Gasteiger partial charge in [-0.15, -0.1) is 0 Å². The number of pyridine rings is 1. The van der Waals surface area contributed by atoms with E-state index in [4.69, 9.17) is 4.74 Å². The Labute approximate surface area is 178 Å². The highest BCUT2D eigenvalue weighted by molar-refractivity contribution is 5.58. The average molecular weight is 409 g/mol. The molecule has 3 aliphatic rings. The number of rotatable bonds is 5. The number of hydrogen-bond acceptors (Lipinski definition) is 5. The Balaban J connectivity index is 1.14. The van der Waals surface area contributed by atoms with Gasteiger partial charge < -0.3 is 19.1 Å². The van der Waals surface area contributed by atoms with E-state index in [1.807, 2.05) is 22.8 Å². The van der Waals surface area contributed by atoms with Gasteiger partial charge in [0.2, 0.25) is 0 Å². The van der Waals surface area contributed by atoms with Crippen molar-refractivity contribution in [3.63, 3.8) is 0 Å². The first kappa shape index (κ1) is 19.6. The molecule has 160 valence electrons. The van der Waals surface area contributed by atoms with Gasteiger partial charge in [0.25, 0.3) is 5.56 Å². The van der Waals surface area contributed by atoms with Crippen molar-refractivity contribution in [3.8, 4) is 5.75 Å². The van der Waals surface area contributed by atoms with Gasteiger partial charge in [-0.05, 0) is 30.5 Å². The highest BCUT2D eigenvalue weighted by Crippen LogP contribution is 2.35. The van der Waals surface area contributed by atoms with Crippen LogP contribution in [0.1, 0.15) is 18.0 Å². The molecule has 0 radical (unpaired) electrons. The Morgan fingerprint density at radius 2 is 1.70 bits per heavy atom. The Morgan fingerprint density at radius 1 is 0.900 bits per heavy atom. The maximum Gasteiger partial charge on any atom is 0.250 e. The normalized spacial score (nSPS) is 24.5. The fourth-order valence-corrected chi connectivity index (χ4v) is 5.56. The van der Waals surface area contributed by atoms with Crippen molar-refractivity contribution in [1.82, 2.24) is 14.4 Å². The summed E-state index contributed by atoms with van der Waals surface area (Å²) in [7, 11) is 1.75. The number of piperidine rings is 1. The predicted octanol–water partition coefficient (Wildman–Crippen LogP) is 2.10. The van der Waals surface area contributed by atoms with Gasteiger partial charge in [-0.2, -0.15) is 0 Å². The number of nitrogens with zero attached hydrogens (tertiary/aromatic N) is 4. The highest BCUT2D eigenvalue weighted by atomic mass is 16.5. The molecular weight excluding hydrogens is 376 g/mol. The smallest absolute Gasteiger partial charge is 0.250 e. The van der Waals surface area contributed by atoms with Gasteiger partial charge in [-0.1, -0.05) is 18.2 Å². The summed E-state index contributed by atoms with van der Waals surface area (Å²) in [5.74, 6) is 2.08. The number of piperazine rings is 1. The van der Waals surface area contributed by atoms with E-state index >= 15 is 0 Å². The van der Waals surface area contributed by atoms with E-state index in [9.17, 15) is 4.79 Å². The quantitative estimate of drug-likeness (QED) is 0.758. The Kier molecular flexibility index (Phi) is 5.52. The number of anilines is 1. The van der Waals surface area contributed by atoms with Crippen molar-refractivity contribution < 1.29 is 4.74 Å². The van der Waals surface area contributed by atoms with Crippen molar-refractivity contribution in [1.29, 1.82) is 0 Å². The van der Waals surface area contributed by atoms with Crippen LogP contribution in [0.3, 0.4) is 0 Å². The Morgan fingerprint density at radius 3 is 2.53 bits per heavy atom. The van der Waals surface area contributed by atoms with Gasteiger partial charge in [0, 0.05) is 76.6 Å². The third-order valence-corrected chi connectivity index (χ3v) is 7.09. The number of aromatic nitrogens is 1. The third-order valence-electron chi connectivity index (χ3n) is 7.09. The molecule has 1 aromatic heterocycles. The van der Waals surface area contributed by atoms with Crippen LogP contribution >= 0.6 is 0 Å². The molecule has 2 atom stereocenters. The second-order valence-electron chi connectivity index (χ2n) is 8.96. The number of likely N-dealkylation sites (tertiary alicyclic amines) is 1. The summed E-state index contributed by atoms with van der Waals surface area (Å²) in [5.41, 5.74) is 2.62. The van der Waals surface area contributed by atoms with E-state index in [0.717, 1.165) is 64.7 Å². The van der Waals surface area contributed by atoms with Gasteiger partial charge in [0.1, 0.15) is 5.75 Å². The van der Waals surface area contributed by atoms with E-state index in [1.165, 1.54) is 17.8 Å². The largest absolute Gasteiger partial charge is 0.495 e. The molecule has 5 rings (SSSR count). The van der Waals surface area contributed by atoms with Crippen LogP contribution in [0.25, 0.3) is 0 Å². The van der Waals surface area contributed by atoms with Crippen molar-refractivity contribution in [3.05, 3.63) is 58.5 Å². The number of benzene rings is 1. The molecule has 0 amide bonds. The minimum atomic E-state index is 0.170. The fraction of sp³-hybridized carbons (Fsp3) is 0.542. The summed E-state index contributed by atoms with van der Waals surface area (Å²) >= 11 is 0. The first-order valence-electron chi connectivity index (χ1n) is 11.2. The van der Waals surface area contributed by atoms with Crippen molar-refractivity contribution in [2.75, 3.05) is 64.4 Å². The number of fused-ring (bicyclic) bond motifs is 4. The Hall–Kier alpha value is -2.31. The first-order valence-corrected chi connectivity index (χ1v) is 11.2. The maximum absolute atomic E-state index is 12.2. The summed E-state index contributed by atoms with van der Waals surface area (Å²) < 4.78 is 7.56. The molecule has 2 aromatic rings. The number of hydrogen-bond donors (Lipinski definition) is 0. The first-order chi connectivity index (χ1) is 14.7. The summed E-state index contributed by atoms with van der Waals surface area (Å²) in [5, 5.41) is 0. The standard InChI is InChI=1S/C24H32N4O2/c1-30-23-7-3-2-5-22(23)27-13-11-25(12-14-27)9-10-26-16-19-15-20(18-26)21-6-4-8-24(29)28(21)17-19/h2-8,19-20H,9-18H2,1H3/t19-,20+/m0/s1. The molecule has 6 heteroatoms. The van der Waals surface area contributed by atoms with E-state index in [0.29, 0.717) is 11.8 Å². The van der Waals surface area contributed by atoms with Gasteiger partial charge in [0.05, 0.1) is 12.8 Å². The lowest BCUT2D eigenvalue weighted by Gasteiger charge is -2.44. The SMILES string of the molecule is COc1ccccc1N1CCN(CCN2C[C@@H]3C[C@H](C2)c2cccc(=O)n2C3)CC1. The molecule has 0 saturated carbocycles. The number of methoxy groups -OCH3 is 1. The zero-order chi connectivity index (χ0) is 20.5. The minimum Gasteiger partial charge on any atom is -0.495 e. The van der Waals surface area contributed by atoms with Gasteiger partial charge in [-0.25, -0.2) is 0 Å². The van der Waals surface area contributed by atoms with Crippen LogP contribution in [-0.4, -0.2) is 73.8 Å². The molecule has 3 aliphatic heterocycles. The summed E-state index contributed by atoms with van der Waals surface area (Å²) in [6, 6.07) is 14.1. The lowest BCUT2D eigenvalue weighted by atomic mass is 9.83. The lowest BCUT2D eigenvalue weighted by Crippen LogP contribution is -2.51. The van der Waals surface area contributed by atoms with Crippen LogP contribution in [0.4, 0.5) is 5.69 Å². The van der Waals surface area contributed by atoms with Crippen molar-refractivity contribution >= 4 is 5.69 Å². The zero-order valence-electron chi connectivity index (χ0n) is 17.9. The molecule has 0 aliphatic carbocycles. The molecule has 4 heterocycles. The average Bonchev–Trinajstić information content (AvgIpc) is 2.79. The monoisotopic (exact) mass is 408 g/mol. The molecule has 6 nitrogen and oxygen atoms in total.